The maximum Gasteiger partial charge on any atom is 0.262 e. The Balaban J connectivity index is 1.99. The molecule has 0 spiro atoms. The predicted octanol–water partition coefficient (Wildman–Crippen LogP) is 2.52. The lowest BCUT2D eigenvalue weighted by atomic mass is 9.95. The lowest BCUT2D eigenvalue weighted by Crippen LogP contribution is -2.33. The number of rotatable bonds is 7. The topological polar surface area (TPSA) is 128 Å². The zero-order valence-corrected chi connectivity index (χ0v) is 20.8. The molecule has 0 atom stereocenters. The van der Waals surface area contributed by atoms with Crippen molar-refractivity contribution in [2.24, 2.45) is 5.41 Å². The number of methoxy groups -OCH3 is 3. The molecule has 1 N–H and O–H groups in total. The molecule has 1 saturated heterocycles. The molecule has 0 bridgehead atoms. The lowest BCUT2D eigenvalue weighted by molar-refractivity contribution is -0.123. The van der Waals surface area contributed by atoms with Gasteiger partial charge in [0.15, 0.2) is 11.5 Å². The second-order valence-corrected chi connectivity index (χ2v) is 11.6. The van der Waals surface area contributed by atoms with Crippen LogP contribution in [0.25, 0.3) is 0 Å². The smallest absolute Gasteiger partial charge is 0.262 e. The third-order valence-electron chi connectivity index (χ3n) is 5.18. The van der Waals surface area contributed by atoms with Gasteiger partial charge >= 0.3 is 0 Å². The number of aryl methyl sites for hydroxylation is 1. The maximum atomic E-state index is 13.1. The van der Waals surface area contributed by atoms with Gasteiger partial charge in [0.2, 0.25) is 21.7 Å². The number of amides is 1. The molecule has 0 saturated carbocycles. The van der Waals surface area contributed by atoms with Gasteiger partial charge in [0.1, 0.15) is 0 Å². The molecular weight excluding hydrogens is 472 g/mol. The van der Waals surface area contributed by atoms with Crippen LogP contribution >= 0.6 is 0 Å². The van der Waals surface area contributed by atoms with E-state index in [9.17, 15) is 21.6 Å². The van der Waals surface area contributed by atoms with Gasteiger partial charge in [-0.2, -0.15) is 0 Å². The third kappa shape index (κ3) is 4.44. The van der Waals surface area contributed by atoms with E-state index >= 15 is 0 Å². The Morgan fingerprint density at radius 3 is 2.00 bits per heavy atom. The molecule has 0 unspecified atom stereocenters. The minimum Gasteiger partial charge on any atom is -0.493 e. The van der Waals surface area contributed by atoms with Crippen LogP contribution in [-0.2, 0) is 24.8 Å². The molecule has 1 aliphatic rings. The molecule has 1 aliphatic heterocycles. The Morgan fingerprint density at radius 1 is 1.00 bits per heavy atom. The average Bonchev–Trinajstić information content (AvgIpc) is 2.88. The SMILES string of the molecule is COc1cc(NS(=O)(=O)c2ccc(N3C(=O)C(C)(C)CS3(=O)=O)cc2C)cc(OC)c1OC. The van der Waals surface area contributed by atoms with Crippen molar-refractivity contribution in [2.75, 3.05) is 36.1 Å². The van der Waals surface area contributed by atoms with Crippen molar-refractivity contribution < 1.29 is 35.8 Å². The molecule has 10 nitrogen and oxygen atoms in total. The highest BCUT2D eigenvalue weighted by molar-refractivity contribution is 7.94. The summed E-state index contributed by atoms with van der Waals surface area (Å²) in [5, 5.41) is 0. The number of carbonyl (C=O) groups excluding carboxylic acids is 1. The number of benzene rings is 2. The van der Waals surface area contributed by atoms with Crippen LogP contribution in [0.1, 0.15) is 19.4 Å². The van der Waals surface area contributed by atoms with Crippen LogP contribution in [0.5, 0.6) is 17.2 Å². The fourth-order valence-corrected chi connectivity index (χ4v) is 7.04. The highest BCUT2D eigenvalue weighted by Crippen LogP contribution is 2.41. The summed E-state index contributed by atoms with van der Waals surface area (Å²) in [4.78, 5) is 12.6. The van der Waals surface area contributed by atoms with Crippen LogP contribution in [0.4, 0.5) is 11.4 Å². The summed E-state index contributed by atoms with van der Waals surface area (Å²) in [7, 11) is -3.67. The van der Waals surface area contributed by atoms with E-state index in [1.165, 1.54) is 58.6 Å². The van der Waals surface area contributed by atoms with E-state index in [0.29, 0.717) is 5.75 Å². The second-order valence-electron chi connectivity index (χ2n) is 8.18. The molecule has 3 rings (SSSR count). The Kier molecular flexibility index (Phi) is 6.28. The number of anilines is 2. The highest BCUT2D eigenvalue weighted by atomic mass is 32.2. The van der Waals surface area contributed by atoms with E-state index in [-0.39, 0.29) is 39.1 Å². The zero-order valence-electron chi connectivity index (χ0n) is 19.1. The summed E-state index contributed by atoms with van der Waals surface area (Å²) in [6.07, 6.45) is 0. The predicted molar refractivity (Wildman–Crippen MR) is 123 cm³/mol. The molecule has 0 aromatic heterocycles. The summed E-state index contributed by atoms with van der Waals surface area (Å²) in [5.74, 6) is -0.0411. The molecule has 12 heteroatoms. The number of carbonyl (C=O) groups is 1. The Morgan fingerprint density at radius 2 is 1.58 bits per heavy atom. The molecule has 2 aromatic rings. The Hall–Kier alpha value is -2.99. The zero-order chi connectivity index (χ0) is 24.8. The third-order valence-corrected chi connectivity index (χ3v) is 8.75. The summed E-state index contributed by atoms with van der Waals surface area (Å²) >= 11 is 0. The molecular formula is C21H26N2O8S2. The van der Waals surface area contributed by atoms with Crippen molar-refractivity contribution in [1.82, 2.24) is 0 Å². The molecule has 0 aliphatic carbocycles. The maximum absolute atomic E-state index is 13.1. The largest absolute Gasteiger partial charge is 0.493 e. The summed E-state index contributed by atoms with van der Waals surface area (Å²) in [5.41, 5.74) is -0.534. The van der Waals surface area contributed by atoms with Crippen LogP contribution in [0.15, 0.2) is 35.2 Å². The van der Waals surface area contributed by atoms with Crippen molar-refractivity contribution >= 4 is 37.3 Å². The standard InChI is InChI=1S/C21H26N2O8S2/c1-13-9-15(23-20(24)21(2,3)12-32(23,25)26)7-8-18(13)33(27,28)22-14-10-16(29-4)19(31-6)17(11-14)30-5/h7-11,22H,12H2,1-6H3. The first kappa shape index (κ1) is 24.6. The molecule has 2 aromatic carbocycles. The summed E-state index contributed by atoms with van der Waals surface area (Å²) < 4.78 is 70.2. The van der Waals surface area contributed by atoms with Gasteiger partial charge in [-0.05, 0) is 44.5 Å². The van der Waals surface area contributed by atoms with Gasteiger partial charge in [-0.1, -0.05) is 0 Å². The number of ether oxygens (including phenoxy) is 3. The quantitative estimate of drug-likeness (QED) is 0.617. The van der Waals surface area contributed by atoms with Crippen molar-refractivity contribution in [3.63, 3.8) is 0 Å². The van der Waals surface area contributed by atoms with Gasteiger partial charge in [-0.25, -0.2) is 21.1 Å². The molecule has 0 radical (unpaired) electrons. The van der Waals surface area contributed by atoms with Gasteiger partial charge in [-0.3, -0.25) is 9.52 Å². The number of sulfonamides is 2. The minimum absolute atomic E-state index is 0.0803. The molecule has 33 heavy (non-hydrogen) atoms. The first-order valence-electron chi connectivity index (χ1n) is 9.78. The average molecular weight is 499 g/mol. The van der Waals surface area contributed by atoms with Gasteiger partial charge in [0.25, 0.3) is 10.0 Å². The van der Waals surface area contributed by atoms with Crippen LogP contribution in [0.2, 0.25) is 0 Å². The van der Waals surface area contributed by atoms with E-state index in [1.807, 2.05) is 0 Å². The van der Waals surface area contributed by atoms with E-state index in [1.54, 1.807) is 13.8 Å². The van der Waals surface area contributed by atoms with E-state index in [2.05, 4.69) is 4.72 Å². The van der Waals surface area contributed by atoms with Crippen molar-refractivity contribution in [1.29, 1.82) is 0 Å². The first-order chi connectivity index (χ1) is 15.3. The van der Waals surface area contributed by atoms with Crippen LogP contribution < -0.4 is 23.2 Å². The van der Waals surface area contributed by atoms with Crippen molar-refractivity contribution in [3.8, 4) is 17.2 Å². The lowest BCUT2D eigenvalue weighted by Gasteiger charge is -2.19. The minimum atomic E-state index is -4.07. The fraction of sp³-hybridized carbons (Fsp3) is 0.381. The van der Waals surface area contributed by atoms with Gasteiger partial charge in [0.05, 0.1) is 48.8 Å². The Labute approximate surface area is 193 Å². The van der Waals surface area contributed by atoms with Crippen molar-refractivity contribution in [2.45, 2.75) is 25.7 Å². The Bertz CT molecular complexity index is 1290. The van der Waals surface area contributed by atoms with E-state index in [0.717, 1.165) is 4.31 Å². The number of hydrogen-bond donors (Lipinski definition) is 1. The number of nitrogens with one attached hydrogen (secondary N) is 1. The summed E-state index contributed by atoms with van der Waals surface area (Å²) in [6, 6.07) is 6.81. The van der Waals surface area contributed by atoms with E-state index in [4.69, 9.17) is 14.2 Å². The fourth-order valence-electron chi connectivity index (χ4n) is 3.67. The van der Waals surface area contributed by atoms with E-state index < -0.39 is 31.4 Å². The van der Waals surface area contributed by atoms with Gasteiger partial charge in [-0.15, -0.1) is 0 Å². The molecule has 1 amide bonds. The normalized spacial score (nSPS) is 17.0. The van der Waals surface area contributed by atoms with Crippen molar-refractivity contribution in [3.05, 3.63) is 35.9 Å². The second kappa shape index (κ2) is 8.41. The van der Waals surface area contributed by atoms with Crippen LogP contribution in [0.3, 0.4) is 0 Å². The highest BCUT2D eigenvalue weighted by Gasteiger charge is 2.50. The number of hydrogen-bond acceptors (Lipinski definition) is 8. The molecule has 1 heterocycles. The molecule has 1 fully saturated rings. The first-order valence-corrected chi connectivity index (χ1v) is 12.9. The summed E-state index contributed by atoms with van der Waals surface area (Å²) in [6.45, 7) is 4.63. The monoisotopic (exact) mass is 498 g/mol. The van der Waals surface area contributed by atoms with Crippen LogP contribution in [-0.4, -0.2) is 49.8 Å². The van der Waals surface area contributed by atoms with Gasteiger partial charge < -0.3 is 14.2 Å². The van der Waals surface area contributed by atoms with Crippen LogP contribution in [0, 0.1) is 12.3 Å². The van der Waals surface area contributed by atoms with Gasteiger partial charge in [0, 0.05) is 12.1 Å². The molecule has 180 valence electrons. The number of nitrogens with zero attached hydrogens (tertiary/aromatic N) is 1.